The van der Waals surface area contributed by atoms with E-state index in [2.05, 4.69) is 31.1 Å². The average molecular weight is 298 g/mol. The minimum absolute atomic E-state index is 0.0233. The molecule has 0 radical (unpaired) electrons. The highest BCUT2D eigenvalue weighted by molar-refractivity contribution is 7.09. The number of carbonyl (C=O) groups excluding carboxylic acids is 1. The van der Waals surface area contributed by atoms with E-state index in [1.165, 1.54) is 0 Å². The summed E-state index contributed by atoms with van der Waals surface area (Å²) in [6, 6.07) is -0.402. The molecule has 1 aromatic heterocycles. The van der Waals surface area contributed by atoms with E-state index < -0.39 is 17.9 Å². The number of hydrogen-bond donors (Lipinski definition) is 2. The van der Waals surface area contributed by atoms with E-state index in [0.29, 0.717) is 0 Å². The second kappa shape index (κ2) is 6.35. The Labute approximate surface area is 123 Å². The number of nitrogens with zero attached hydrogens (tertiary/aromatic N) is 1. The van der Waals surface area contributed by atoms with Crippen LogP contribution in [0.2, 0.25) is 0 Å². The summed E-state index contributed by atoms with van der Waals surface area (Å²) < 4.78 is 0. The lowest BCUT2D eigenvalue weighted by Crippen LogP contribution is -2.40. The van der Waals surface area contributed by atoms with Crippen molar-refractivity contribution in [2.45, 2.75) is 52.5 Å². The summed E-state index contributed by atoms with van der Waals surface area (Å²) in [6.45, 7) is 9.50. The molecule has 1 rings (SSSR count). The minimum atomic E-state index is -0.915. The van der Waals surface area contributed by atoms with E-state index in [1.807, 2.05) is 5.38 Å². The normalized spacial score (nSPS) is 14.7. The number of amides is 1. The third kappa shape index (κ3) is 4.59. The van der Waals surface area contributed by atoms with Gasteiger partial charge < -0.3 is 10.4 Å². The van der Waals surface area contributed by atoms with Gasteiger partial charge >= 0.3 is 5.97 Å². The summed E-state index contributed by atoms with van der Waals surface area (Å²) in [6.07, 6.45) is 0.184. The molecule has 2 atom stereocenters. The van der Waals surface area contributed by atoms with Crippen LogP contribution < -0.4 is 5.32 Å². The van der Waals surface area contributed by atoms with Crippen molar-refractivity contribution in [2.75, 3.05) is 0 Å². The maximum absolute atomic E-state index is 11.9. The van der Waals surface area contributed by atoms with Gasteiger partial charge in [0.2, 0.25) is 5.91 Å². The molecule has 0 aliphatic rings. The van der Waals surface area contributed by atoms with Crippen LogP contribution in [0.3, 0.4) is 0 Å². The zero-order valence-corrected chi connectivity index (χ0v) is 13.4. The second-order valence-electron chi connectivity index (χ2n) is 6.05. The van der Waals surface area contributed by atoms with Gasteiger partial charge in [-0.2, -0.15) is 0 Å². The molecule has 5 nitrogen and oxygen atoms in total. The Kier molecular flexibility index (Phi) is 5.28. The van der Waals surface area contributed by atoms with Gasteiger partial charge in [-0.15, -0.1) is 11.3 Å². The number of aromatic nitrogens is 1. The monoisotopic (exact) mass is 298 g/mol. The molecule has 1 amide bonds. The quantitative estimate of drug-likeness (QED) is 0.873. The molecule has 0 aliphatic carbocycles. The number of carboxylic acid groups (broad SMARTS) is 1. The number of hydrogen-bond acceptors (Lipinski definition) is 4. The highest BCUT2D eigenvalue weighted by atomic mass is 32.1. The van der Waals surface area contributed by atoms with Gasteiger partial charge in [0.25, 0.3) is 0 Å². The number of thiazole rings is 1. The van der Waals surface area contributed by atoms with Crippen LogP contribution in [0.1, 0.15) is 45.3 Å². The van der Waals surface area contributed by atoms with Crippen LogP contribution in [0.25, 0.3) is 0 Å². The molecule has 0 spiro atoms. The molecule has 0 saturated heterocycles. The van der Waals surface area contributed by atoms with Crippen LogP contribution in [-0.4, -0.2) is 28.0 Å². The van der Waals surface area contributed by atoms with E-state index in [0.717, 1.165) is 10.7 Å². The summed E-state index contributed by atoms with van der Waals surface area (Å²) in [4.78, 5) is 27.2. The van der Waals surface area contributed by atoms with Crippen LogP contribution in [0.5, 0.6) is 0 Å². The van der Waals surface area contributed by atoms with Crippen molar-refractivity contribution in [2.24, 2.45) is 5.92 Å². The molecule has 6 heteroatoms. The molecular formula is C14H22N2O3S. The van der Waals surface area contributed by atoms with Gasteiger partial charge in [-0.25, -0.2) is 4.98 Å². The number of carboxylic acids is 1. The Bertz CT molecular complexity index is 491. The Morgan fingerprint density at radius 2 is 2.00 bits per heavy atom. The van der Waals surface area contributed by atoms with Gasteiger partial charge in [0.15, 0.2) is 0 Å². The van der Waals surface area contributed by atoms with Gasteiger partial charge in [0.1, 0.15) is 0 Å². The van der Waals surface area contributed by atoms with Crippen molar-refractivity contribution < 1.29 is 14.7 Å². The van der Waals surface area contributed by atoms with E-state index in [-0.39, 0.29) is 17.7 Å². The first-order valence-corrected chi connectivity index (χ1v) is 7.46. The topological polar surface area (TPSA) is 79.3 Å². The number of aliphatic carboxylic acids is 1. The lowest BCUT2D eigenvalue weighted by molar-refractivity contribution is -0.142. The fourth-order valence-corrected chi connectivity index (χ4v) is 2.45. The minimum Gasteiger partial charge on any atom is -0.481 e. The van der Waals surface area contributed by atoms with Crippen LogP contribution in [0.4, 0.5) is 0 Å². The fraction of sp³-hybridized carbons (Fsp3) is 0.643. The SMILES string of the molecule is CC(NC(=O)Cc1csc(C(C)(C)C)n1)C(C)C(=O)O. The predicted molar refractivity (Wildman–Crippen MR) is 78.9 cm³/mol. The lowest BCUT2D eigenvalue weighted by Gasteiger charge is -2.17. The zero-order chi connectivity index (χ0) is 15.5. The molecule has 0 bridgehead atoms. The molecule has 0 aliphatic heterocycles. The Hall–Kier alpha value is -1.43. The first-order valence-electron chi connectivity index (χ1n) is 6.58. The zero-order valence-electron chi connectivity index (χ0n) is 12.6. The van der Waals surface area contributed by atoms with E-state index in [4.69, 9.17) is 5.11 Å². The molecule has 0 saturated carbocycles. The first kappa shape index (κ1) is 16.6. The van der Waals surface area contributed by atoms with Crippen LogP contribution >= 0.6 is 11.3 Å². The molecule has 2 unspecified atom stereocenters. The van der Waals surface area contributed by atoms with Crippen LogP contribution in [-0.2, 0) is 21.4 Å². The molecule has 2 N–H and O–H groups in total. The van der Waals surface area contributed by atoms with Crippen LogP contribution in [0, 0.1) is 5.92 Å². The summed E-state index contributed by atoms with van der Waals surface area (Å²) in [5.41, 5.74) is 0.706. The van der Waals surface area contributed by atoms with Crippen molar-refractivity contribution >= 4 is 23.2 Å². The third-order valence-electron chi connectivity index (χ3n) is 3.06. The number of nitrogens with one attached hydrogen (secondary N) is 1. The second-order valence-corrected chi connectivity index (χ2v) is 6.91. The van der Waals surface area contributed by atoms with Crippen molar-refractivity contribution in [1.82, 2.24) is 10.3 Å². The summed E-state index contributed by atoms with van der Waals surface area (Å²) >= 11 is 1.54. The molecule has 1 heterocycles. The average Bonchev–Trinajstić information content (AvgIpc) is 2.75. The Morgan fingerprint density at radius 1 is 1.40 bits per heavy atom. The highest BCUT2D eigenvalue weighted by Gasteiger charge is 2.22. The summed E-state index contributed by atoms with van der Waals surface area (Å²) in [7, 11) is 0. The lowest BCUT2D eigenvalue weighted by atomic mass is 9.98. The molecule has 20 heavy (non-hydrogen) atoms. The van der Waals surface area contributed by atoms with E-state index in [9.17, 15) is 9.59 Å². The summed E-state index contributed by atoms with van der Waals surface area (Å²) in [5.74, 6) is -1.72. The predicted octanol–water partition coefficient (Wildman–Crippen LogP) is 2.21. The maximum Gasteiger partial charge on any atom is 0.308 e. The smallest absolute Gasteiger partial charge is 0.308 e. The largest absolute Gasteiger partial charge is 0.481 e. The van der Waals surface area contributed by atoms with Gasteiger partial charge in [0.05, 0.1) is 23.0 Å². The van der Waals surface area contributed by atoms with E-state index >= 15 is 0 Å². The van der Waals surface area contributed by atoms with Crippen LogP contribution in [0.15, 0.2) is 5.38 Å². The van der Waals surface area contributed by atoms with Gasteiger partial charge in [-0.3, -0.25) is 9.59 Å². The van der Waals surface area contributed by atoms with Gasteiger partial charge in [-0.1, -0.05) is 20.8 Å². The number of rotatable bonds is 5. The van der Waals surface area contributed by atoms with Crippen molar-refractivity contribution in [3.63, 3.8) is 0 Å². The van der Waals surface area contributed by atoms with Gasteiger partial charge in [0, 0.05) is 16.8 Å². The molecule has 1 aromatic rings. The maximum atomic E-state index is 11.9. The van der Waals surface area contributed by atoms with Crippen molar-refractivity contribution in [3.8, 4) is 0 Å². The fourth-order valence-electron chi connectivity index (χ4n) is 1.54. The third-order valence-corrected chi connectivity index (χ3v) is 4.38. The Morgan fingerprint density at radius 3 is 2.45 bits per heavy atom. The van der Waals surface area contributed by atoms with E-state index in [1.54, 1.807) is 25.2 Å². The standard InChI is InChI=1S/C14H22N2O3S/c1-8(12(18)19)9(2)15-11(17)6-10-7-20-13(16-10)14(3,4)5/h7-9H,6H2,1-5H3,(H,15,17)(H,18,19). The molecule has 0 aromatic carbocycles. The Balaban J connectivity index is 2.59. The molecular weight excluding hydrogens is 276 g/mol. The van der Waals surface area contributed by atoms with Gasteiger partial charge in [-0.05, 0) is 13.8 Å². The molecule has 112 valence electrons. The summed E-state index contributed by atoms with van der Waals surface area (Å²) in [5, 5.41) is 14.5. The first-order chi connectivity index (χ1) is 9.11. The highest BCUT2D eigenvalue weighted by Crippen LogP contribution is 2.25. The van der Waals surface area contributed by atoms with Crippen molar-refractivity contribution in [1.29, 1.82) is 0 Å². The van der Waals surface area contributed by atoms with Crippen molar-refractivity contribution in [3.05, 3.63) is 16.1 Å². The molecule has 0 fully saturated rings. The number of carbonyl (C=O) groups is 2.